The van der Waals surface area contributed by atoms with Gasteiger partial charge in [-0.05, 0) is 12.0 Å². The molecule has 1 aromatic carbocycles. The van der Waals surface area contributed by atoms with E-state index in [9.17, 15) is 9.90 Å². The number of nitrogens with one attached hydrogen (secondary N) is 1. The zero-order valence-corrected chi connectivity index (χ0v) is 17.4. The Morgan fingerprint density at radius 3 is 2.73 bits per heavy atom. The minimum atomic E-state index is -0.436. The molecule has 3 heterocycles. The van der Waals surface area contributed by atoms with Crippen LogP contribution in [0.15, 0.2) is 42.6 Å². The maximum absolute atomic E-state index is 12.8. The Morgan fingerprint density at radius 2 is 2.00 bits per heavy atom. The SMILES string of the molecule is COc1ccnc(C(=O)N[C@H]2CC3OC2[C@H](C)[C@@H](OCc2ccccc2)[C@H]3C)c1O. The second kappa shape index (κ2) is 8.62. The van der Waals surface area contributed by atoms with Gasteiger partial charge in [0.1, 0.15) is 0 Å². The second-order valence-corrected chi connectivity index (χ2v) is 8.14. The molecule has 1 aromatic heterocycles. The summed E-state index contributed by atoms with van der Waals surface area (Å²) < 4.78 is 17.6. The molecule has 7 nitrogen and oxygen atoms in total. The third kappa shape index (κ3) is 3.87. The lowest BCUT2D eigenvalue weighted by atomic mass is 9.86. The van der Waals surface area contributed by atoms with Crippen LogP contribution in [0.3, 0.4) is 0 Å². The number of carbonyl (C=O) groups excluding carboxylic acids is 1. The highest BCUT2D eigenvalue weighted by Crippen LogP contribution is 2.42. The summed E-state index contributed by atoms with van der Waals surface area (Å²) in [6.07, 6.45) is 2.06. The molecule has 4 rings (SSSR count). The molecule has 0 aliphatic carbocycles. The molecular formula is C23H28N2O5. The monoisotopic (exact) mass is 412 g/mol. The smallest absolute Gasteiger partial charge is 0.274 e. The molecule has 160 valence electrons. The topological polar surface area (TPSA) is 89.9 Å². The van der Waals surface area contributed by atoms with Crippen LogP contribution in [-0.4, -0.2) is 47.5 Å². The molecular weight excluding hydrogens is 384 g/mol. The Morgan fingerprint density at radius 1 is 1.23 bits per heavy atom. The molecule has 2 aliphatic rings. The van der Waals surface area contributed by atoms with E-state index in [1.807, 2.05) is 18.2 Å². The number of pyridine rings is 1. The normalized spacial score (nSPS) is 30.1. The van der Waals surface area contributed by atoms with Crippen molar-refractivity contribution in [3.8, 4) is 11.5 Å². The van der Waals surface area contributed by atoms with Gasteiger partial charge in [-0.3, -0.25) is 4.79 Å². The molecule has 6 atom stereocenters. The number of nitrogens with zero attached hydrogens (tertiary/aromatic N) is 1. The molecule has 2 N–H and O–H groups in total. The van der Waals surface area contributed by atoms with Gasteiger partial charge >= 0.3 is 0 Å². The van der Waals surface area contributed by atoms with Gasteiger partial charge in [0.2, 0.25) is 0 Å². The van der Waals surface area contributed by atoms with Crippen LogP contribution in [0.5, 0.6) is 11.5 Å². The summed E-state index contributed by atoms with van der Waals surface area (Å²) in [6, 6.07) is 11.5. The molecule has 2 aliphatic heterocycles. The molecule has 2 aromatic rings. The summed E-state index contributed by atoms with van der Waals surface area (Å²) in [6.45, 7) is 4.81. The van der Waals surface area contributed by atoms with Crippen molar-refractivity contribution < 1.29 is 24.1 Å². The van der Waals surface area contributed by atoms with Crippen LogP contribution in [0.25, 0.3) is 0 Å². The van der Waals surface area contributed by atoms with Crippen molar-refractivity contribution in [2.45, 2.75) is 51.2 Å². The van der Waals surface area contributed by atoms with Gasteiger partial charge in [-0.25, -0.2) is 4.98 Å². The lowest BCUT2D eigenvalue weighted by molar-refractivity contribution is -0.155. The summed E-state index contributed by atoms with van der Waals surface area (Å²) in [4.78, 5) is 16.8. The van der Waals surface area contributed by atoms with Gasteiger partial charge in [0.05, 0.1) is 38.1 Å². The van der Waals surface area contributed by atoms with Crippen molar-refractivity contribution in [3.63, 3.8) is 0 Å². The third-order valence-corrected chi connectivity index (χ3v) is 6.28. The van der Waals surface area contributed by atoms with Crippen molar-refractivity contribution >= 4 is 5.91 Å². The standard InChI is InChI=1S/C23H28N2O5/c1-13-18-11-16(25-23(27)19-20(26)17(28-3)9-10-24-19)22(30-18)14(2)21(13)29-12-15-7-5-4-6-8-15/h4-10,13-14,16,18,21-22,26H,11-12H2,1-3H3,(H,25,27)/t13-,14+,16-,18?,21-,22?/m0/s1. The number of fused-ring (bicyclic) bond motifs is 2. The highest BCUT2D eigenvalue weighted by Gasteiger charge is 2.51. The maximum Gasteiger partial charge on any atom is 0.274 e. The zero-order valence-electron chi connectivity index (χ0n) is 17.4. The van der Waals surface area contributed by atoms with Crippen molar-refractivity contribution in [2.75, 3.05) is 7.11 Å². The number of amides is 1. The van der Waals surface area contributed by atoms with Crippen molar-refractivity contribution in [1.29, 1.82) is 0 Å². The summed E-state index contributed by atoms with van der Waals surface area (Å²) in [5.41, 5.74) is 1.09. The lowest BCUT2D eigenvalue weighted by Crippen LogP contribution is -2.49. The van der Waals surface area contributed by atoms with Gasteiger partial charge < -0.3 is 24.6 Å². The summed E-state index contributed by atoms with van der Waals surface area (Å²) in [5, 5.41) is 13.2. The lowest BCUT2D eigenvalue weighted by Gasteiger charge is -2.40. The van der Waals surface area contributed by atoms with Crippen LogP contribution >= 0.6 is 0 Å². The number of benzene rings is 1. The predicted molar refractivity (Wildman–Crippen MR) is 110 cm³/mol. The number of hydrogen-bond donors (Lipinski definition) is 2. The zero-order chi connectivity index (χ0) is 21.3. The molecule has 7 heteroatoms. The number of hydrogen-bond acceptors (Lipinski definition) is 6. The second-order valence-electron chi connectivity index (χ2n) is 8.14. The van der Waals surface area contributed by atoms with Crippen LogP contribution in [0, 0.1) is 11.8 Å². The Bertz CT molecular complexity index is 890. The summed E-state index contributed by atoms with van der Waals surface area (Å²) in [5.74, 6) is -0.156. The van der Waals surface area contributed by atoms with E-state index in [1.165, 1.54) is 19.4 Å². The highest BCUT2D eigenvalue weighted by molar-refractivity contribution is 5.95. The molecule has 2 bridgehead atoms. The quantitative estimate of drug-likeness (QED) is 0.758. The molecule has 1 amide bonds. The molecule has 0 saturated carbocycles. The van der Waals surface area contributed by atoms with E-state index in [2.05, 4.69) is 36.3 Å². The predicted octanol–water partition coefficient (Wildman–Crippen LogP) is 2.92. The van der Waals surface area contributed by atoms with E-state index in [-0.39, 0.29) is 53.4 Å². The van der Waals surface area contributed by atoms with Crippen LogP contribution in [-0.2, 0) is 16.1 Å². The van der Waals surface area contributed by atoms with Crippen LogP contribution < -0.4 is 10.1 Å². The number of rotatable bonds is 6. The number of carbonyl (C=O) groups is 1. The summed E-state index contributed by atoms with van der Waals surface area (Å²) in [7, 11) is 1.43. The molecule has 2 fully saturated rings. The van der Waals surface area contributed by atoms with Crippen molar-refractivity contribution in [3.05, 3.63) is 53.9 Å². The molecule has 2 saturated heterocycles. The van der Waals surface area contributed by atoms with Crippen LogP contribution in [0.2, 0.25) is 0 Å². The first-order chi connectivity index (χ1) is 14.5. The van der Waals surface area contributed by atoms with Gasteiger partial charge in [-0.2, -0.15) is 0 Å². The number of aromatic hydroxyl groups is 1. The van der Waals surface area contributed by atoms with Crippen LogP contribution in [0.4, 0.5) is 0 Å². The van der Waals surface area contributed by atoms with Crippen molar-refractivity contribution in [1.82, 2.24) is 10.3 Å². The van der Waals surface area contributed by atoms with Crippen LogP contribution in [0.1, 0.15) is 36.3 Å². The average molecular weight is 412 g/mol. The van der Waals surface area contributed by atoms with Gasteiger partial charge in [0.15, 0.2) is 17.2 Å². The average Bonchev–Trinajstić information content (AvgIpc) is 3.14. The minimum absolute atomic E-state index is 0.0177. The Kier molecular flexibility index (Phi) is 5.92. The fraction of sp³-hybridized carbons (Fsp3) is 0.478. The first-order valence-corrected chi connectivity index (χ1v) is 10.3. The maximum atomic E-state index is 12.8. The van der Waals surface area contributed by atoms with Gasteiger partial charge in [-0.1, -0.05) is 44.2 Å². The molecule has 30 heavy (non-hydrogen) atoms. The first kappa shape index (κ1) is 20.6. The van der Waals surface area contributed by atoms with Crippen molar-refractivity contribution in [2.24, 2.45) is 11.8 Å². The molecule has 2 unspecified atom stereocenters. The largest absolute Gasteiger partial charge is 0.503 e. The Balaban J connectivity index is 1.44. The number of methoxy groups -OCH3 is 1. The highest BCUT2D eigenvalue weighted by atomic mass is 16.5. The van der Waals surface area contributed by atoms with Gasteiger partial charge in [0.25, 0.3) is 5.91 Å². The molecule has 0 spiro atoms. The van der Waals surface area contributed by atoms with E-state index in [4.69, 9.17) is 14.2 Å². The molecule has 0 radical (unpaired) electrons. The van der Waals surface area contributed by atoms with Gasteiger partial charge in [-0.15, -0.1) is 0 Å². The fourth-order valence-corrected chi connectivity index (χ4v) is 4.66. The Labute approximate surface area is 176 Å². The number of ether oxygens (including phenoxy) is 3. The van der Waals surface area contributed by atoms with E-state index < -0.39 is 5.91 Å². The van der Waals surface area contributed by atoms with E-state index in [0.717, 1.165) is 5.56 Å². The van der Waals surface area contributed by atoms with E-state index >= 15 is 0 Å². The van der Waals surface area contributed by atoms with E-state index in [0.29, 0.717) is 13.0 Å². The number of aromatic nitrogens is 1. The van der Waals surface area contributed by atoms with E-state index in [1.54, 1.807) is 0 Å². The fourth-order valence-electron chi connectivity index (χ4n) is 4.66. The summed E-state index contributed by atoms with van der Waals surface area (Å²) >= 11 is 0. The first-order valence-electron chi connectivity index (χ1n) is 10.3. The minimum Gasteiger partial charge on any atom is -0.503 e. The third-order valence-electron chi connectivity index (χ3n) is 6.28. The van der Waals surface area contributed by atoms with Gasteiger partial charge in [0, 0.05) is 24.1 Å². The Hall–Kier alpha value is -2.64.